The van der Waals surface area contributed by atoms with Gasteiger partial charge in [0.1, 0.15) is 5.75 Å². The molecule has 0 unspecified atom stereocenters. The zero-order chi connectivity index (χ0) is 20.5. The highest BCUT2D eigenvalue weighted by Gasteiger charge is 2.10. The molecule has 0 aliphatic rings. The van der Waals surface area contributed by atoms with Crippen LogP contribution in [-0.4, -0.2) is 11.1 Å². The van der Waals surface area contributed by atoms with Crippen LogP contribution in [0.15, 0.2) is 77.7 Å². The summed E-state index contributed by atoms with van der Waals surface area (Å²) in [4.78, 5) is 25.0. The van der Waals surface area contributed by atoms with Gasteiger partial charge in [-0.25, -0.2) is 4.79 Å². The molecule has 6 heteroatoms. The monoisotopic (exact) mass is 394 g/mol. The first-order valence-electron chi connectivity index (χ1n) is 8.77. The molecule has 0 radical (unpaired) electrons. The van der Waals surface area contributed by atoms with Crippen molar-refractivity contribution in [2.24, 2.45) is 0 Å². The summed E-state index contributed by atoms with van der Waals surface area (Å²) in [5.41, 5.74) is 13.4. The third-order valence-electron chi connectivity index (χ3n) is 3.54. The number of carbonyl (C=O) groups excluding carboxylic acids is 2. The number of thioether (sulfide) groups is 1. The van der Waals surface area contributed by atoms with Gasteiger partial charge >= 0.3 is 5.97 Å². The number of hydrogen-bond donors (Lipinski definition) is 2. The number of ether oxygens (including phenoxy) is 1. The Morgan fingerprint density at radius 3 is 1.68 bits per heavy atom. The number of rotatable bonds is 4. The van der Waals surface area contributed by atoms with Crippen molar-refractivity contribution in [3.63, 3.8) is 0 Å². The summed E-state index contributed by atoms with van der Waals surface area (Å²) in [6, 6.07) is 20.0. The second-order valence-corrected chi connectivity index (χ2v) is 6.54. The van der Waals surface area contributed by atoms with Crippen LogP contribution in [0, 0.1) is 0 Å². The maximum atomic E-state index is 12.2. The summed E-state index contributed by atoms with van der Waals surface area (Å²) in [6.07, 6.45) is 0. The molecule has 5 nitrogen and oxygen atoms in total. The minimum Gasteiger partial charge on any atom is -0.423 e. The van der Waals surface area contributed by atoms with E-state index in [9.17, 15) is 9.59 Å². The minimum absolute atomic E-state index is 0.0865. The second kappa shape index (κ2) is 10.2. The first-order valence-corrected chi connectivity index (χ1v) is 9.58. The summed E-state index contributed by atoms with van der Waals surface area (Å²) in [5, 5.41) is -0.0865. The van der Waals surface area contributed by atoms with E-state index in [2.05, 4.69) is 0 Å². The lowest BCUT2D eigenvalue weighted by Gasteiger charge is -2.06. The highest BCUT2D eigenvalue weighted by Crippen LogP contribution is 2.25. The topological polar surface area (TPSA) is 95.4 Å². The molecule has 3 rings (SSSR count). The van der Waals surface area contributed by atoms with Crippen LogP contribution in [0.2, 0.25) is 0 Å². The molecule has 0 fully saturated rings. The first kappa shape index (κ1) is 21.1. The van der Waals surface area contributed by atoms with E-state index in [1.54, 1.807) is 72.8 Å². The molecule has 0 amide bonds. The Balaban J connectivity index is 0.00000136. The standard InChI is InChI=1S/C20H16N2O3S.C2H6/c21-15-5-1-13(2-6-15)19(23)25-17-9-11-18(12-10-17)26-20(24)14-3-7-16(22)8-4-14;1-2/h1-12H,21-22H2;1-2H3. The van der Waals surface area contributed by atoms with Crippen LogP contribution in [0.5, 0.6) is 5.75 Å². The van der Waals surface area contributed by atoms with E-state index in [1.165, 1.54) is 0 Å². The normalized spacial score (nSPS) is 9.79. The predicted molar refractivity (Wildman–Crippen MR) is 115 cm³/mol. The first-order chi connectivity index (χ1) is 13.5. The SMILES string of the molecule is CC.Nc1ccc(C(=O)Oc2ccc(SC(=O)c3ccc(N)cc3)cc2)cc1. The number of benzene rings is 3. The molecular formula is C22H22N2O3S. The predicted octanol–water partition coefficient (Wildman–Crippen LogP) is 5.03. The van der Waals surface area contributed by atoms with Crippen molar-refractivity contribution in [3.05, 3.63) is 83.9 Å². The van der Waals surface area contributed by atoms with Crippen LogP contribution in [0.3, 0.4) is 0 Å². The third-order valence-corrected chi connectivity index (χ3v) is 4.47. The van der Waals surface area contributed by atoms with Gasteiger partial charge < -0.3 is 16.2 Å². The van der Waals surface area contributed by atoms with Gasteiger partial charge in [0, 0.05) is 21.8 Å². The van der Waals surface area contributed by atoms with Crippen molar-refractivity contribution >= 4 is 34.2 Å². The van der Waals surface area contributed by atoms with Crippen LogP contribution in [0.1, 0.15) is 34.6 Å². The quantitative estimate of drug-likeness (QED) is 0.279. The molecule has 0 atom stereocenters. The number of carbonyl (C=O) groups is 2. The van der Waals surface area contributed by atoms with E-state index < -0.39 is 5.97 Å². The van der Waals surface area contributed by atoms with Crippen LogP contribution < -0.4 is 16.2 Å². The molecule has 4 N–H and O–H groups in total. The number of esters is 1. The van der Waals surface area contributed by atoms with Crippen molar-refractivity contribution in [1.29, 1.82) is 0 Å². The van der Waals surface area contributed by atoms with Crippen LogP contribution in [0.4, 0.5) is 11.4 Å². The number of anilines is 2. The number of nitrogens with two attached hydrogens (primary N) is 2. The van der Waals surface area contributed by atoms with Crippen molar-refractivity contribution in [2.75, 3.05) is 11.5 Å². The third kappa shape index (κ3) is 5.89. The fraction of sp³-hybridized carbons (Fsp3) is 0.0909. The van der Waals surface area contributed by atoms with Crippen LogP contribution >= 0.6 is 11.8 Å². The van der Waals surface area contributed by atoms with Gasteiger partial charge in [-0.2, -0.15) is 0 Å². The molecule has 0 spiro atoms. The zero-order valence-electron chi connectivity index (χ0n) is 15.7. The summed E-state index contributed by atoms with van der Waals surface area (Å²) in [6.45, 7) is 4.00. The highest BCUT2D eigenvalue weighted by atomic mass is 32.2. The van der Waals surface area contributed by atoms with Crippen molar-refractivity contribution in [3.8, 4) is 5.75 Å². The maximum absolute atomic E-state index is 12.2. The highest BCUT2D eigenvalue weighted by molar-refractivity contribution is 8.14. The molecule has 3 aromatic rings. The minimum atomic E-state index is -0.469. The lowest BCUT2D eigenvalue weighted by molar-refractivity contribution is 0.0734. The van der Waals surface area contributed by atoms with Gasteiger partial charge in [-0.05, 0) is 84.6 Å². The molecule has 0 aliphatic heterocycles. The maximum Gasteiger partial charge on any atom is 0.343 e. The molecule has 144 valence electrons. The Hall–Kier alpha value is -3.25. The zero-order valence-corrected chi connectivity index (χ0v) is 16.5. The van der Waals surface area contributed by atoms with Crippen molar-refractivity contribution in [2.45, 2.75) is 18.7 Å². The van der Waals surface area contributed by atoms with E-state index in [1.807, 2.05) is 13.8 Å². The van der Waals surface area contributed by atoms with Gasteiger partial charge in [-0.15, -0.1) is 0 Å². The van der Waals surface area contributed by atoms with E-state index in [0.717, 1.165) is 16.7 Å². The summed E-state index contributed by atoms with van der Waals surface area (Å²) >= 11 is 1.09. The molecule has 0 saturated heterocycles. The number of nitrogen functional groups attached to an aromatic ring is 2. The molecule has 3 aromatic carbocycles. The molecule has 0 saturated carbocycles. The average molecular weight is 394 g/mol. The van der Waals surface area contributed by atoms with Crippen LogP contribution in [0.25, 0.3) is 0 Å². The fourth-order valence-electron chi connectivity index (χ4n) is 2.15. The molecule has 0 heterocycles. The van der Waals surface area contributed by atoms with Crippen molar-refractivity contribution in [1.82, 2.24) is 0 Å². The summed E-state index contributed by atoms with van der Waals surface area (Å²) < 4.78 is 5.31. The Kier molecular flexibility index (Phi) is 7.65. The Morgan fingerprint density at radius 2 is 1.18 bits per heavy atom. The Morgan fingerprint density at radius 1 is 0.714 bits per heavy atom. The van der Waals surface area contributed by atoms with Crippen molar-refractivity contribution < 1.29 is 14.3 Å². The fourth-order valence-corrected chi connectivity index (χ4v) is 2.89. The van der Waals surface area contributed by atoms with E-state index in [-0.39, 0.29) is 5.12 Å². The Bertz CT molecular complexity index is 843. The van der Waals surface area contributed by atoms with E-state index in [0.29, 0.717) is 28.3 Å². The van der Waals surface area contributed by atoms with Gasteiger partial charge in [0.2, 0.25) is 5.12 Å². The molecular weight excluding hydrogens is 372 g/mol. The average Bonchev–Trinajstić information content (AvgIpc) is 2.72. The van der Waals surface area contributed by atoms with Gasteiger partial charge in [-0.1, -0.05) is 13.8 Å². The molecule has 0 aliphatic carbocycles. The van der Waals surface area contributed by atoms with E-state index in [4.69, 9.17) is 16.2 Å². The second-order valence-electron chi connectivity index (χ2n) is 5.49. The molecule has 0 aromatic heterocycles. The smallest absolute Gasteiger partial charge is 0.343 e. The van der Waals surface area contributed by atoms with Gasteiger partial charge in [-0.3, -0.25) is 4.79 Å². The molecule has 0 bridgehead atoms. The van der Waals surface area contributed by atoms with Gasteiger partial charge in [0.15, 0.2) is 0 Å². The van der Waals surface area contributed by atoms with E-state index >= 15 is 0 Å². The lowest BCUT2D eigenvalue weighted by Crippen LogP contribution is -2.08. The van der Waals surface area contributed by atoms with Gasteiger partial charge in [0.25, 0.3) is 0 Å². The van der Waals surface area contributed by atoms with Crippen LogP contribution in [-0.2, 0) is 0 Å². The summed E-state index contributed by atoms with van der Waals surface area (Å²) in [5.74, 6) is -0.0699. The largest absolute Gasteiger partial charge is 0.423 e. The lowest BCUT2D eigenvalue weighted by atomic mass is 10.2. The summed E-state index contributed by atoms with van der Waals surface area (Å²) in [7, 11) is 0. The number of hydrogen-bond acceptors (Lipinski definition) is 6. The molecule has 28 heavy (non-hydrogen) atoms. The van der Waals surface area contributed by atoms with Gasteiger partial charge in [0.05, 0.1) is 5.56 Å². The Labute approximate surface area is 168 Å².